The third-order valence-electron chi connectivity index (χ3n) is 3.78. The van der Waals surface area contributed by atoms with Gasteiger partial charge in [0, 0.05) is 11.7 Å². The lowest BCUT2D eigenvalue weighted by atomic mass is 9.87. The molecule has 5 heteroatoms. The summed E-state index contributed by atoms with van der Waals surface area (Å²) in [6.07, 6.45) is 5.98. The van der Waals surface area contributed by atoms with Gasteiger partial charge < -0.3 is 9.84 Å². The molecule has 1 saturated carbocycles. The first-order valence-electron chi connectivity index (χ1n) is 6.30. The normalized spacial score (nSPS) is 30.4. The summed E-state index contributed by atoms with van der Waals surface area (Å²) in [4.78, 5) is 22.4. The van der Waals surface area contributed by atoms with Crippen LogP contribution in [0.2, 0.25) is 0 Å². The number of esters is 1. The number of hydrogen-bond acceptors (Lipinski definition) is 4. The number of allylic oxidation sites excluding steroid dienone is 2. The van der Waals surface area contributed by atoms with Crippen molar-refractivity contribution in [1.29, 1.82) is 0 Å². The zero-order valence-corrected chi connectivity index (χ0v) is 11.0. The molecular formula is C13H18O4S. The molecule has 100 valence electrons. The zero-order chi connectivity index (χ0) is 13.1. The summed E-state index contributed by atoms with van der Waals surface area (Å²) in [5.74, 6) is 0.256. The van der Waals surface area contributed by atoms with Gasteiger partial charge in [-0.05, 0) is 24.7 Å². The van der Waals surface area contributed by atoms with Crippen LogP contribution in [0.4, 0.5) is 0 Å². The first-order chi connectivity index (χ1) is 8.60. The number of carbonyl (C=O) groups excluding carboxylic acids is 1. The molecule has 0 saturated heterocycles. The third kappa shape index (κ3) is 3.07. The van der Waals surface area contributed by atoms with E-state index in [2.05, 4.69) is 24.8 Å². The monoisotopic (exact) mass is 270 g/mol. The molecule has 0 amide bonds. The molecule has 2 bridgehead atoms. The fourth-order valence-corrected chi connectivity index (χ4v) is 3.20. The highest BCUT2D eigenvalue weighted by atomic mass is 32.1. The van der Waals surface area contributed by atoms with Gasteiger partial charge in [-0.3, -0.25) is 9.59 Å². The van der Waals surface area contributed by atoms with Crippen LogP contribution in [0.1, 0.15) is 25.7 Å². The van der Waals surface area contributed by atoms with Crippen molar-refractivity contribution in [2.45, 2.75) is 31.8 Å². The van der Waals surface area contributed by atoms with E-state index in [9.17, 15) is 9.59 Å². The second-order valence-corrected chi connectivity index (χ2v) is 5.49. The van der Waals surface area contributed by atoms with Gasteiger partial charge in [-0.15, -0.1) is 0 Å². The van der Waals surface area contributed by atoms with Crippen molar-refractivity contribution in [3.63, 3.8) is 0 Å². The molecule has 0 spiro atoms. The van der Waals surface area contributed by atoms with Crippen molar-refractivity contribution in [2.75, 3.05) is 5.75 Å². The highest BCUT2D eigenvalue weighted by Crippen LogP contribution is 2.46. The Balaban J connectivity index is 1.98. The molecule has 4 atom stereocenters. The Kier molecular flexibility index (Phi) is 4.32. The van der Waals surface area contributed by atoms with Crippen LogP contribution in [0, 0.1) is 17.8 Å². The van der Waals surface area contributed by atoms with Gasteiger partial charge in [-0.25, -0.2) is 0 Å². The molecule has 18 heavy (non-hydrogen) atoms. The first kappa shape index (κ1) is 13.5. The van der Waals surface area contributed by atoms with Crippen LogP contribution in [-0.2, 0) is 14.3 Å². The van der Waals surface area contributed by atoms with Crippen molar-refractivity contribution in [3.05, 3.63) is 12.2 Å². The number of rotatable bonds is 6. The number of thiol groups is 1. The van der Waals surface area contributed by atoms with E-state index in [4.69, 9.17) is 9.84 Å². The second-order valence-electron chi connectivity index (χ2n) is 5.04. The van der Waals surface area contributed by atoms with Gasteiger partial charge in [0.05, 0.1) is 12.8 Å². The lowest BCUT2D eigenvalue weighted by molar-refractivity contribution is -0.156. The predicted molar refractivity (Wildman–Crippen MR) is 69.4 cm³/mol. The Labute approximate surface area is 112 Å². The number of ether oxygens (including phenoxy) is 1. The highest BCUT2D eigenvalue weighted by Gasteiger charge is 2.42. The van der Waals surface area contributed by atoms with E-state index in [1.54, 1.807) is 0 Å². The summed E-state index contributed by atoms with van der Waals surface area (Å²) in [5, 5.41) is 8.93. The van der Waals surface area contributed by atoms with Crippen molar-refractivity contribution < 1.29 is 19.4 Å². The number of fused-ring (bicyclic) bond motifs is 2. The van der Waals surface area contributed by atoms with Gasteiger partial charge in [-0.2, -0.15) is 12.6 Å². The standard InChI is InChI=1S/C13H18O4S/c14-12(15)7-11(17-13(16)3-4-18)10-6-8-1-2-9(10)5-8/h1-2,8-11,18H,3-7H2,(H,14,15). The largest absolute Gasteiger partial charge is 0.481 e. The lowest BCUT2D eigenvalue weighted by Crippen LogP contribution is -2.32. The molecule has 0 radical (unpaired) electrons. The predicted octanol–water partition coefficient (Wildman–Crippen LogP) is 1.90. The highest BCUT2D eigenvalue weighted by molar-refractivity contribution is 7.80. The summed E-state index contributed by atoms with van der Waals surface area (Å²) < 4.78 is 5.34. The number of aliphatic carboxylic acids is 1. The number of carbonyl (C=O) groups is 2. The second kappa shape index (κ2) is 5.78. The maximum atomic E-state index is 11.5. The molecule has 1 fully saturated rings. The SMILES string of the molecule is O=C(O)CC(OC(=O)CCS)C1CC2C=CC1C2. The van der Waals surface area contributed by atoms with E-state index in [-0.39, 0.29) is 24.7 Å². The number of carboxylic acid groups (broad SMARTS) is 1. The minimum Gasteiger partial charge on any atom is -0.481 e. The number of carboxylic acids is 1. The lowest BCUT2D eigenvalue weighted by Gasteiger charge is -2.27. The van der Waals surface area contributed by atoms with Crippen molar-refractivity contribution in [3.8, 4) is 0 Å². The summed E-state index contributed by atoms with van der Waals surface area (Å²) in [5.41, 5.74) is 0. The maximum absolute atomic E-state index is 11.5. The van der Waals surface area contributed by atoms with Crippen LogP contribution in [0.3, 0.4) is 0 Å². The van der Waals surface area contributed by atoms with Crippen LogP contribution >= 0.6 is 12.6 Å². The fourth-order valence-electron chi connectivity index (χ4n) is 3.02. The molecule has 1 N–H and O–H groups in total. The van der Waals surface area contributed by atoms with Crippen LogP contribution in [0.5, 0.6) is 0 Å². The molecule has 0 aromatic heterocycles. The third-order valence-corrected chi connectivity index (χ3v) is 4.01. The van der Waals surface area contributed by atoms with E-state index in [1.165, 1.54) is 0 Å². The Hall–Kier alpha value is -0.970. The summed E-state index contributed by atoms with van der Waals surface area (Å²) in [6.45, 7) is 0. The van der Waals surface area contributed by atoms with Gasteiger partial charge in [0.2, 0.25) is 0 Å². The van der Waals surface area contributed by atoms with Gasteiger partial charge in [0.15, 0.2) is 0 Å². The number of hydrogen-bond donors (Lipinski definition) is 2. The van der Waals surface area contributed by atoms with Gasteiger partial charge in [0.1, 0.15) is 6.10 Å². The summed E-state index contributed by atoms with van der Waals surface area (Å²) in [7, 11) is 0. The van der Waals surface area contributed by atoms with E-state index < -0.39 is 12.1 Å². The quantitative estimate of drug-likeness (QED) is 0.439. The average molecular weight is 270 g/mol. The van der Waals surface area contributed by atoms with Gasteiger partial charge in [-0.1, -0.05) is 12.2 Å². The molecular weight excluding hydrogens is 252 g/mol. The molecule has 2 aliphatic carbocycles. The van der Waals surface area contributed by atoms with Crippen LogP contribution in [0.15, 0.2) is 12.2 Å². The molecule has 2 rings (SSSR count). The Bertz CT molecular complexity index is 366. The summed E-state index contributed by atoms with van der Waals surface area (Å²) in [6, 6.07) is 0. The van der Waals surface area contributed by atoms with E-state index >= 15 is 0 Å². The minimum atomic E-state index is -0.912. The molecule has 0 aliphatic heterocycles. The maximum Gasteiger partial charge on any atom is 0.307 e. The molecule has 0 heterocycles. The van der Waals surface area contributed by atoms with Crippen molar-refractivity contribution in [2.24, 2.45) is 17.8 Å². The van der Waals surface area contributed by atoms with E-state index in [0.29, 0.717) is 17.6 Å². The topological polar surface area (TPSA) is 63.6 Å². The minimum absolute atomic E-state index is 0.0972. The van der Waals surface area contributed by atoms with Crippen LogP contribution in [-0.4, -0.2) is 28.9 Å². The van der Waals surface area contributed by atoms with Crippen molar-refractivity contribution in [1.82, 2.24) is 0 Å². The van der Waals surface area contributed by atoms with Gasteiger partial charge in [0.25, 0.3) is 0 Å². The molecule has 0 aromatic rings. The fraction of sp³-hybridized carbons (Fsp3) is 0.692. The summed E-state index contributed by atoms with van der Waals surface area (Å²) >= 11 is 3.98. The van der Waals surface area contributed by atoms with Crippen LogP contribution in [0.25, 0.3) is 0 Å². The smallest absolute Gasteiger partial charge is 0.307 e. The molecule has 4 nitrogen and oxygen atoms in total. The van der Waals surface area contributed by atoms with Crippen molar-refractivity contribution >= 4 is 24.6 Å². The van der Waals surface area contributed by atoms with E-state index in [1.807, 2.05) is 0 Å². The Morgan fingerprint density at radius 1 is 1.39 bits per heavy atom. The first-order valence-corrected chi connectivity index (χ1v) is 6.94. The van der Waals surface area contributed by atoms with E-state index in [0.717, 1.165) is 12.8 Å². The molecule has 0 aromatic carbocycles. The van der Waals surface area contributed by atoms with Crippen LogP contribution < -0.4 is 0 Å². The Morgan fingerprint density at radius 3 is 2.67 bits per heavy atom. The van der Waals surface area contributed by atoms with Gasteiger partial charge >= 0.3 is 11.9 Å². The average Bonchev–Trinajstić information content (AvgIpc) is 2.89. The molecule has 4 unspecified atom stereocenters. The molecule has 2 aliphatic rings. The Morgan fingerprint density at radius 2 is 2.17 bits per heavy atom. The zero-order valence-electron chi connectivity index (χ0n) is 10.1.